The Morgan fingerprint density at radius 1 is 1.24 bits per heavy atom. The third-order valence-electron chi connectivity index (χ3n) is 4.37. The molecular formula is C17H30N4. The molecule has 118 valence electrons. The first-order valence-corrected chi connectivity index (χ1v) is 8.10. The number of pyridine rings is 1. The van der Waals surface area contributed by atoms with Crippen LogP contribution >= 0.6 is 0 Å². The second-order valence-electron chi connectivity index (χ2n) is 6.82. The number of piperazine rings is 1. The molecule has 1 N–H and O–H groups in total. The van der Waals surface area contributed by atoms with Crippen molar-refractivity contribution in [1.82, 2.24) is 15.2 Å². The van der Waals surface area contributed by atoms with E-state index in [4.69, 9.17) is 0 Å². The van der Waals surface area contributed by atoms with Crippen LogP contribution in [0.5, 0.6) is 0 Å². The Labute approximate surface area is 129 Å². The lowest BCUT2D eigenvalue weighted by molar-refractivity contribution is 0.169. The van der Waals surface area contributed by atoms with Crippen molar-refractivity contribution in [3.8, 4) is 0 Å². The molecule has 21 heavy (non-hydrogen) atoms. The molecule has 1 aromatic rings. The van der Waals surface area contributed by atoms with Crippen LogP contribution in [-0.2, 0) is 6.54 Å². The van der Waals surface area contributed by atoms with Crippen LogP contribution in [0.1, 0.15) is 33.3 Å². The highest BCUT2D eigenvalue weighted by Gasteiger charge is 2.26. The first-order valence-electron chi connectivity index (χ1n) is 8.10. The van der Waals surface area contributed by atoms with Gasteiger partial charge in [0.05, 0.1) is 0 Å². The number of likely N-dealkylation sites (N-methyl/N-ethyl adjacent to an activating group) is 1. The molecule has 2 unspecified atom stereocenters. The van der Waals surface area contributed by atoms with Crippen molar-refractivity contribution in [3.63, 3.8) is 0 Å². The van der Waals surface area contributed by atoms with Gasteiger partial charge < -0.3 is 10.2 Å². The minimum Gasteiger partial charge on any atom is -0.354 e. The predicted octanol–water partition coefficient (Wildman–Crippen LogP) is 2.36. The normalized spacial score (nSPS) is 23.8. The molecule has 1 fully saturated rings. The lowest BCUT2D eigenvalue weighted by atomic mass is 10.1. The first kappa shape index (κ1) is 16.2. The number of anilines is 1. The Hall–Kier alpha value is -1.13. The van der Waals surface area contributed by atoms with E-state index in [1.807, 2.05) is 6.20 Å². The molecule has 2 rings (SSSR count). The molecule has 0 amide bonds. The topological polar surface area (TPSA) is 31.4 Å². The van der Waals surface area contributed by atoms with Gasteiger partial charge in [-0.2, -0.15) is 0 Å². The average Bonchev–Trinajstić information content (AvgIpc) is 2.44. The smallest absolute Gasteiger partial charge is 0.128 e. The van der Waals surface area contributed by atoms with Gasteiger partial charge in [-0.15, -0.1) is 0 Å². The second-order valence-corrected chi connectivity index (χ2v) is 6.82. The average molecular weight is 290 g/mol. The fourth-order valence-corrected chi connectivity index (χ4v) is 2.80. The van der Waals surface area contributed by atoms with Crippen LogP contribution in [0.25, 0.3) is 0 Å². The van der Waals surface area contributed by atoms with Crippen LogP contribution in [0.2, 0.25) is 0 Å². The summed E-state index contributed by atoms with van der Waals surface area (Å²) in [6, 6.07) is 5.51. The molecule has 1 aromatic heterocycles. The van der Waals surface area contributed by atoms with Gasteiger partial charge >= 0.3 is 0 Å². The van der Waals surface area contributed by atoms with Crippen molar-refractivity contribution in [2.45, 2.75) is 46.3 Å². The lowest BCUT2D eigenvalue weighted by Gasteiger charge is -2.43. The molecule has 0 radical (unpaired) electrons. The van der Waals surface area contributed by atoms with Crippen molar-refractivity contribution in [1.29, 1.82) is 0 Å². The highest BCUT2D eigenvalue weighted by Crippen LogP contribution is 2.19. The van der Waals surface area contributed by atoms with Gasteiger partial charge in [0.2, 0.25) is 0 Å². The Kier molecular flexibility index (Phi) is 5.59. The van der Waals surface area contributed by atoms with E-state index < -0.39 is 0 Å². The van der Waals surface area contributed by atoms with E-state index in [0.717, 1.165) is 32.0 Å². The molecular weight excluding hydrogens is 260 g/mol. The third kappa shape index (κ3) is 4.42. The monoisotopic (exact) mass is 290 g/mol. The second kappa shape index (κ2) is 7.23. The largest absolute Gasteiger partial charge is 0.354 e. The Balaban J connectivity index is 1.92. The number of nitrogens with zero attached hydrogens (tertiary/aromatic N) is 3. The van der Waals surface area contributed by atoms with Crippen LogP contribution in [0.4, 0.5) is 5.82 Å². The summed E-state index contributed by atoms with van der Waals surface area (Å²) in [5, 5.41) is 3.46. The molecule has 1 saturated heterocycles. The SMILES string of the molecule is CC(C)CNCc1ccc(N2CC(C)N(C)C(C)C2)nc1. The van der Waals surface area contributed by atoms with E-state index in [0.29, 0.717) is 18.0 Å². The van der Waals surface area contributed by atoms with Gasteiger partial charge in [0.15, 0.2) is 0 Å². The van der Waals surface area contributed by atoms with Crippen LogP contribution in [0.3, 0.4) is 0 Å². The molecule has 0 bridgehead atoms. The summed E-state index contributed by atoms with van der Waals surface area (Å²) in [6.07, 6.45) is 2.01. The fraction of sp³-hybridized carbons (Fsp3) is 0.706. The van der Waals surface area contributed by atoms with Gasteiger partial charge in [-0.05, 0) is 45.0 Å². The van der Waals surface area contributed by atoms with Crippen molar-refractivity contribution in [2.75, 3.05) is 31.6 Å². The molecule has 4 heteroatoms. The number of hydrogen-bond donors (Lipinski definition) is 1. The van der Waals surface area contributed by atoms with Gasteiger partial charge in [0, 0.05) is 37.9 Å². The zero-order valence-corrected chi connectivity index (χ0v) is 14.1. The van der Waals surface area contributed by atoms with Gasteiger partial charge in [0.25, 0.3) is 0 Å². The van der Waals surface area contributed by atoms with Crippen LogP contribution in [0, 0.1) is 5.92 Å². The summed E-state index contributed by atoms with van der Waals surface area (Å²) in [5.41, 5.74) is 1.26. The minimum absolute atomic E-state index is 0.572. The van der Waals surface area contributed by atoms with E-state index in [9.17, 15) is 0 Å². The lowest BCUT2D eigenvalue weighted by Crippen LogP contribution is -2.55. The standard InChI is InChI=1S/C17H30N4/c1-13(2)8-18-9-16-6-7-17(19-10-16)21-11-14(3)20(5)15(4)12-21/h6-7,10,13-15,18H,8-9,11-12H2,1-5H3. The molecule has 0 spiro atoms. The minimum atomic E-state index is 0.572. The molecule has 2 heterocycles. The first-order chi connectivity index (χ1) is 9.97. The van der Waals surface area contributed by atoms with Crippen LogP contribution in [0.15, 0.2) is 18.3 Å². The van der Waals surface area contributed by atoms with E-state index in [1.54, 1.807) is 0 Å². The summed E-state index contributed by atoms with van der Waals surface area (Å²) in [7, 11) is 2.21. The highest BCUT2D eigenvalue weighted by molar-refractivity contribution is 5.40. The fourth-order valence-electron chi connectivity index (χ4n) is 2.80. The zero-order chi connectivity index (χ0) is 15.4. The van der Waals surface area contributed by atoms with Crippen molar-refractivity contribution >= 4 is 5.82 Å². The maximum absolute atomic E-state index is 4.66. The van der Waals surface area contributed by atoms with Gasteiger partial charge in [-0.3, -0.25) is 4.90 Å². The zero-order valence-electron chi connectivity index (χ0n) is 14.1. The summed E-state index contributed by atoms with van der Waals surface area (Å²) in [6.45, 7) is 13.1. The molecule has 1 aliphatic rings. The van der Waals surface area contributed by atoms with Crippen LogP contribution in [-0.4, -0.2) is 48.6 Å². The maximum Gasteiger partial charge on any atom is 0.128 e. The molecule has 0 aromatic carbocycles. The van der Waals surface area contributed by atoms with E-state index >= 15 is 0 Å². The van der Waals surface area contributed by atoms with Gasteiger partial charge in [-0.25, -0.2) is 4.98 Å². The quantitative estimate of drug-likeness (QED) is 0.902. The number of aromatic nitrogens is 1. The summed E-state index contributed by atoms with van der Waals surface area (Å²) < 4.78 is 0. The third-order valence-corrected chi connectivity index (χ3v) is 4.37. The van der Waals surface area contributed by atoms with Gasteiger partial charge in [-0.1, -0.05) is 19.9 Å². The Bertz CT molecular complexity index is 417. The molecule has 1 aliphatic heterocycles. The van der Waals surface area contributed by atoms with E-state index in [1.165, 1.54) is 5.56 Å². The Morgan fingerprint density at radius 3 is 2.43 bits per heavy atom. The van der Waals surface area contributed by atoms with Crippen molar-refractivity contribution in [2.24, 2.45) is 5.92 Å². The number of nitrogens with one attached hydrogen (secondary N) is 1. The van der Waals surface area contributed by atoms with E-state index in [-0.39, 0.29) is 0 Å². The number of hydrogen-bond acceptors (Lipinski definition) is 4. The summed E-state index contributed by atoms with van der Waals surface area (Å²) >= 11 is 0. The molecule has 2 atom stereocenters. The van der Waals surface area contributed by atoms with Gasteiger partial charge in [0.1, 0.15) is 5.82 Å². The highest BCUT2D eigenvalue weighted by atomic mass is 15.3. The van der Waals surface area contributed by atoms with Crippen molar-refractivity contribution < 1.29 is 0 Å². The molecule has 4 nitrogen and oxygen atoms in total. The summed E-state index contributed by atoms with van der Waals surface area (Å²) in [5.74, 6) is 1.79. The predicted molar refractivity (Wildman–Crippen MR) is 89.7 cm³/mol. The molecule has 0 saturated carbocycles. The number of rotatable bonds is 5. The van der Waals surface area contributed by atoms with E-state index in [2.05, 4.69) is 67.0 Å². The Morgan fingerprint density at radius 2 is 1.90 bits per heavy atom. The summed E-state index contributed by atoms with van der Waals surface area (Å²) in [4.78, 5) is 9.51. The maximum atomic E-state index is 4.66. The molecule has 0 aliphatic carbocycles. The van der Waals surface area contributed by atoms with Crippen molar-refractivity contribution in [3.05, 3.63) is 23.9 Å². The van der Waals surface area contributed by atoms with Crippen LogP contribution < -0.4 is 10.2 Å².